The maximum atomic E-state index is 13.2. The molecular formula is C30H26N2O2. The standard InChI is InChI=1S/C30H26N2O2/c33-29(31(27-17-9-3-10-18-27)23-25-13-5-1-6-14-25)21-22-30(34)32(28-19-11-4-12-20-28)24-26-15-7-2-8-16-26/h1-22H,23-24H2/b22-21+. The summed E-state index contributed by atoms with van der Waals surface area (Å²) >= 11 is 0. The molecule has 0 fully saturated rings. The maximum absolute atomic E-state index is 13.2. The second-order valence-corrected chi connectivity index (χ2v) is 7.82. The number of carbonyl (C=O) groups excluding carboxylic acids is 2. The van der Waals surface area contributed by atoms with Crippen molar-refractivity contribution in [2.24, 2.45) is 0 Å². The van der Waals surface area contributed by atoms with Crippen LogP contribution in [0.1, 0.15) is 11.1 Å². The van der Waals surface area contributed by atoms with E-state index in [1.807, 2.05) is 121 Å². The van der Waals surface area contributed by atoms with Crippen molar-refractivity contribution in [1.29, 1.82) is 0 Å². The Hall–Kier alpha value is -4.44. The van der Waals surface area contributed by atoms with Gasteiger partial charge in [-0.3, -0.25) is 9.59 Å². The van der Waals surface area contributed by atoms with Crippen LogP contribution in [0.15, 0.2) is 133 Å². The van der Waals surface area contributed by atoms with Crippen LogP contribution in [0.3, 0.4) is 0 Å². The van der Waals surface area contributed by atoms with Crippen molar-refractivity contribution in [2.45, 2.75) is 13.1 Å². The van der Waals surface area contributed by atoms with Crippen molar-refractivity contribution in [3.05, 3.63) is 145 Å². The van der Waals surface area contributed by atoms with Gasteiger partial charge in [-0.25, -0.2) is 0 Å². The second-order valence-electron chi connectivity index (χ2n) is 7.82. The normalized spacial score (nSPS) is 10.7. The van der Waals surface area contributed by atoms with E-state index in [9.17, 15) is 9.59 Å². The molecule has 0 saturated carbocycles. The summed E-state index contributed by atoms with van der Waals surface area (Å²) in [5, 5.41) is 0. The summed E-state index contributed by atoms with van der Waals surface area (Å²) < 4.78 is 0. The third kappa shape index (κ3) is 6.08. The molecule has 0 heterocycles. The van der Waals surface area contributed by atoms with Gasteiger partial charge >= 0.3 is 0 Å². The fourth-order valence-electron chi connectivity index (χ4n) is 3.66. The first-order valence-electron chi connectivity index (χ1n) is 11.2. The molecule has 0 aliphatic heterocycles. The van der Waals surface area contributed by atoms with Crippen LogP contribution in [-0.4, -0.2) is 11.8 Å². The molecule has 0 aliphatic rings. The lowest BCUT2D eigenvalue weighted by atomic mass is 10.1. The molecule has 34 heavy (non-hydrogen) atoms. The zero-order valence-corrected chi connectivity index (χ0v) is 18.8. The second kappa shape index (κ2) is 11.4. The molecule has 4 heteroatoms. The van der Waals surface area contributed by atoms with Crippen LogP contribution in [0, 0.1) is 0 Å². The SMILES string of the molecule is O=C(/C=C/C(=O)N(Cc1ccccc1)c1ccccc1)N(Cc1ccccc1)c1ccccc1. The van der Waals surface area contributed by atoms with Gasteiger partial charge in [0.1, 0.15) is 0 Å². The minimum atomic E-state index is -0.254. The van der Waals surface area contributed by atoms with Gasteiger partial charge in [0.05, 0.1) is 13.1 Å². The summed E-state index contributed by atoms with van der Waals surface area (Å²) in [6.45, 7) is 0.823. The van der Waals surface area contributed by atoms with E-state index in [0.29, 0.717) is 13.1 Å². The van der Waals surface area contributed by atoms with Crippen LogP contribution in [0.4, 0.5) is 11.4 Å². The molecule has 168 valence electrons. The molecule has 0 N–H and O–H groups in total. The Morgan fingerprint density at radius 3 is 1.09 bits per heavy atom. The Labute approximate surface area is 200 Å². The van der Waals surface area contributed by atoms with E-state index >= 15 is 0 Å². The van der Waals surface area contributed by atoms with Gasteiger partial charge in [0, 0.05) is 23.5 Å². The molecule has 0 unspecified atom stereocenters. The van der Waals surface area contributed by atoms with Gasteiger partial charge in [-0.1, -0.05) is 97.1 Å². The Balaban J connectivity index is 1.56. The fraction of sp³-hybridized carbons (Fsp3) is 0.0667. The highest BCUT2D eigenvalue weighted by molar-refractivity contribution is 6.08. The number of carbonyl (C=O) groups is 2. The number of hydrogen-bond donors (Lipinski definition) is 0. The van der Waals surface area contributed by atoms with E-state index in [0.717, 1.165) is 22.5 Å². The average Bonchev–Trinajstić information content (AvgIpc) is 2.91. The molecular weight excluding hydrogens is 420 g/mol. The molecule has 0 aliphatic carbocycles. The van der Waals surface area contributed by atoms with Crippen LogP contribution in [0.5, 0.6) is 0 Å². The predicted octanol–water partition coefficient (Wildman–Crippen LogP) is 6.01. The lowest BCUT2D eigenvalue weighted by Gasteiger charge is -2.23. The number of benzene rings is 4. The predicted molar refractivity (Wildman–Crippen MR) is 137 cm³/mol. The number of anilines is 2. The summed E-state index contributed by atoms with van der Waals surface area (Å²) in [5.41, 5.74) is 3.57. The molecule has 0 saturated heterocycles. The lowest BCUT2D eigenvalue weighted by molar-refractivity contribution is -0.116. The Morgan fingerprint density at radius 2 is 0.765 bits per heavy atom. The number of para-hydroxylation sites is 2. The molecule has 4 aromatic rings. The van der Waals surface area contributed by atoms with Gasteiger partial charge in [0.2, 0.25) is 0 Å². The molecule has 2 amide bonds. The van der Waals surface area contributed by atoms with Crippen LogP contribution in [0.25, 0.3) is 0 Å². The van der Waals surface area contributed by atoms with Gasteiger partial charge in [-0.15, -0.1) is 0 Å². The highest BCUT2D eigenvalue weighted by atomic mass is 16.2. The maximum Gasteiger partial charge on any atom is 0.251 e. The van der Waals surface area contributed by atoms with Crippen LogP contribution in [-0.2, 0) is 22.7 Å². The first kappa shape index (κ1) is 22.7. The zero-order valence-electron chi connectivity index (χ0n) is 18.8. The highest BCUT2D eigenvalue weighted by Gasteiger charge is 2.17. The zero-order chi connectivity index (χ0) is 23.6. The third-order valence-electron chi connectivity index (χ3n) is 5.40. The van der Waals surface area contributed by atoms with E-state index in [4.69, 9.17) is 0 Å². The fourth-order valence-corrected chi connectivity index (χ4v) is 3.66. The van der Waals surface area contributed by atoms with Gasteiger partial charge in [0.15, 0.2) is 0 Å². The summed E-state index contributed by atoms with van der Waals surface area (Å²) in [6.07, 6.45) is 2.72. The van der Waals surface area contributed by atoms with Crippen molar-refractivity contribution in [1.82, 2.24) is 0 Å². The number of rotatable bonds is 8. The molecule has 4 rings (SSSR count). The minimum absolute atomic E-state index is 0.254. The van der Waals surface area contributed by atoms with Gasteiger partial charge < -0.3 is 9.80 Å². The van der Waals surface area contributed by atoms with E-state index < -0.39 is 0 Å². The average molecular weight is 447 g/mol. The van der Waals surface area contributed by atoms with Gasteiger partial charge in [-0.05, 0) is 35.4 Å². The first-order valence-corrected chi connectivity index (χ1v) is 11.2. The van der Waals surface area contributed by atoms with Crippen LogP contribution >= 0.6 is 0 Å². The third-order valence-corrected chi connectivity index (χ3v) is 5.40. The quantitative estimate of drug-likeness (QED) is 0.311. The lowest BCUT2D eigenvalue weighted by Crippen LogP contribution is -2.31. The Morgan fingerprint density at radius 1 is 0.471 bits per heavy atom. The molecule has 0 atom stereocenters. The smallest absolute Gasteiger partial charge is 0.251 e. The molecule has 4 nitrogen and oxygen atoms in total. The van der Waals surface area contributed by atoms with Crippen molar-refractivity contribution < 1.29 is 9.59 Å². The topological polar surface area (TPSA) is 40.6 Å². The summed E-state index contributed by atoms with van der Waals surface area (Å²) in [7, 11) is 0. The summed E-state index contributed by atoms with van der Waals surface area (Å²) in [6, 6.07) is 38.6. The Bertz CT molecular complexity index is 1130. The Kier molecular flexibility index (Phi) is 7.65. The van der Waals surface area contributed by atoms with Crippen molar-refractivity contribution in [2.75, 3.05) is 9.80 Å². The first-order chi connectivity index (χ1) is 16.7. The van der Waals surface area contributed by atoms with Crippen molar-refractivity contribution in [3.8, 4) is 0 Å². The molecule has 0 bridgehead atoms. The largest absolute Gasteiger partial charge is 0.304 e. The van der Waals surface area contributed by atoms with E-state index in [1.165, 1.54) is 12.2 Å². The summed E-state index contributed by atoms with van der Waals surface area (Å²) in [5.74, 6) is -0.507. The molecule has 0 radical (unpaired) electrons. The number of amides is 2. The minimum Gasteiger partial charge on any atom is -0.304 e. The van der Waals surface area contributed by atoms with E-state index in [2.05, 4.69) is 0 Å². The van der Waals surface area contributed by atoms with Crippen molar-refractivity contribution >= 4 is 23.2 Å². The van der Waals surface area contributed by atoms with Gasteiger partial charge in [-0.2, -0.15) is 0 Å². The van der Waals surface area contributed by atoms with Crippen molar-refractivity contribution in [3.63, 3.8) is 0 Å². The number of hydrogen-bond acceptors (Lipinski definition) is 2. The molecule has 0 spiro atoms. The molecule has 4 aromatic carbocycles. The monoisotopic (exact) mass is 446 g/mol. The van der Waals surface area contributed by atoms with E-state index in [-0.39, 0.29) is 11.8 Å². The summed E-state index contributed by atoms with van der Waals surface area (Å²) in [4.78, 5) is 29.8. The van der Waals surface area contributed by atoms with E-state index in [1.54, 1.807) is 9.80 Å². The highest BCUT2D eigenvalue weighted by Crippen LogP contribution is 2.19. The number of nitrogens with zero attached hydrogens (tertiary/aromatic N) is 2. The molecule has 0 aromatic heterocycles. The van der Waals surface area contributed by atoms with Crippen LogP contribution in [0.2, 0.25) is 0 Å². The van der Waals surface area contributed by atoms with Crippen LogP contribution < -0.4 is 9.80 Å². The van der Waals surface area contributed by atoms with Gasteiger partial charge in [0.25, 0.3) is 11.8 Å².